The summed E-state index contributed by atoms with van der Waals surface area (Å²) in [5.41, 5.74) is 0.114. The maximum atomic E-state index is 12.9. The molecule has 4 nitrogen and oxygen atoms in total. The first kappa shape index (κ1) is 18.1. The van der Waals surface area contributed by atoms with Crippen LogP contribution in [-0.2, 0) is 4.79 Å². The Morgan fingerprint density at radius 2 is 1.92 bits per heavy atom. The van der Waals surface area contributed by atoms with E-state index in [2.05, 4.69) is 26.0 Å². The standard InChI is InChI=1S/C15H10BrF4NO3/c16-12-6-9(17)4-5-13(12)23-8-14(22)21-10-2-1-3-11(7-10)24-15(18,19)20/h1-7H,8H2,(H,21,22). The van der Waals surface area contributed by atoms with E-state index in [1.165, 1.54) is 24.3 Å². The van der Waals surface area contributed by atoms with Crippen molar-refractivity contribution in [3.05, 3.63) is 52.8 Å². The zero-order chi connectivity index (χ0) is 17.7. The third-order valence-electron chi connectivity index (χ3n) is 2.60. The Labute approximate surface area is 142 Å². The molecule has 0 aromatic heterocycles. The lowest BCUT2D eigenvalue weighted by molar-refractivity contribution is -0.274. The monoisotopic (exact) mass is 407 g/mol. The van der Waals surface area contributed by atoms with Crippen LogP contribution in [0.2, 0.25) is 0 Å². The largest absolute Gasteiger partial charge is 0.573 e. The van der Waals surface area contributed by atoms with Crippen molar-refractivity contribution in [2.24, 2.45) is 0 Å². The van der Waals surface area contributed by atoms with E-state index in [-0.39, 0.29) is 11.4 Å². The number of hydrogen-bond donors (Lipinski definition) is 1. The maximum absolute atomic E-state index is 12.9. The van der Waals surface area contributed by atoms with Crippen molar-refractivity contribution in [3.63, 3.8) is 0 Å². The van der Waals surface area contributed by atoms with Crippen LogP contribution in [0, 0.1) is 5.82 Å². The number of anilines is 1. The molecule has 0 aliphatic carbocycles. The van der Waals surface area contributed by atoms with Crippen molar-refractivity contribution < 1.29 is 31.8 Å². The number of hydrogen-bond acceptors (Lipinski definition) is 3. The van der Waals surface area contributed by atoms with Crippen LogP contribution in [0.5, 0.6) is 11.5 Å². The second kappa shape index (κ2) is 7.52. The predicted molar refractivity (Wildman–Crippen MR) is 81.3 cm³/mol. The van der Waals surface area contributed by atoms with E-state index in [0.29, 0.717) is 4.47 Å². The number of amides is 1. The molecule has 0 bridgehead atoms. The quantitative estimate of drug-likeness (QED) is 0.742. The highest BCUT2D eigenvalue weighted by Gasteiger charge is 2.31. The molecule has 0 heterocycles. The van der Waals surface area contributed by atoms with E-state index in [1.54, 1.807) is 0 Å². The first-order chi connectivity index (χ1) is 11.2. The molecule has 2 aromatic carbocycles. The Bertz CT molecular complexity index is 737. The number of halogens is 5. The highest BCUT2D eigenvalue weighted by molar-refractivity contribution is 9.10. The lowest BCUT2D eigenvalue weighted by Crippen LogP contribution is -2.20. The second-order valence-corrected chi connectivity index (χ2v) is 5.34. The van der Waals surface area contributed by atoms with Gasteiger partial charge in [-0.2, -0.15) is 0 Å². The summed E-state index contributed by atoms with van der Waals surface area (Å²) in [7, 11) is 0. The molecule has 1 amide bonds. The van der Waals surface area contributed by atoms with Gasteiger partial charge in [0.25, 0.3) is 5.91 Å². The van der Waals surface area contributed by atoms with Gasteiger partial charge in [0.1, 0.15) is 17.3 Å². The highest BCUT2D eigenvalue weighted by atomic mass is 79.9. The minimum Gasteiger partial charge on any atom is -0.483 e. The highest BCUT2D eigenvalue weighted by Crippen LogP contribution is 2.26. The molecule has 0 saturated heterocycles. The molecule has 0 unspecified atom stereocenters. The van der Waals surface area contributed by atoms with Gasteiger partial charge in [-0.15, -0.1) is 13.2 Å². The van der Waals surface area contributed by atoms with Crippen LogP contribution in [0.1, 0.15) is 0 Å². The van der Waals surface area contributed by atoms with Gasteiger partial charge in [0, 0.05) is 11.8 Å². The lowest BCUT2D eigenvalue weighted by atomic mass is 10.3. The zero-order valence-electron chi connectivity index (χ0n) is 11.9. The Kier molecular flexibility index (Phi) is 5.66. The third-order valence-corrected chi connectivity index (χ3v) is 3.22. The van der Waals surface area contributed by atoms with Gasteiger partial charge in [-0.3, -0.25) is 4.79 Å². The van der Waals surface area contributed by atoms with Gasteiger partial charge >= 0.3 is 6.36 Å². The van der Waals surface area contributed by atoms with Crippen LogP contribution in [0.4, 0.5) is 23.2 Å². The van der Waals surface area contributed by atoms with Gasteiger partial charge in [-0.05, 0) is 46.3 Å². The number of rotatable bonds is 5. The molecule has 128 valence electrons. The predicted octanol–water partition coefficient (Wildman–Crippen LogP) is 4.50. The number of carbonyl (C=O) groups is 1. The van der Waals surface area contributed by atoms with Gasteiger partial charge in [-0.25, -0.2) is 4.39 Å². The minimum absolute atomic E-state index is 0.114. The summed E-state index contributed by atoms with van der Waals surface area (Å²) in [5.74, 6) is -1.28. The van der Waals surface area contributed by atoms with E-state index in [1.807, 2.05) is 0 Å². The summed E-state index contributed by atoms with van der Waals surface area (Å²) in [4.78, 5) is 11.8. The summed E-state index contributed by atoms with van der Waals surface area (Å²) in [6.07, 6.45) is -4.82. The van der Waals surface area contributed by atoms with Crippen LogP contribution >= 0.6 is 15.9 Å². The van der Waals surface area contributed by atoms with Crippen molar-refractivity contribution in [2.75, 3.05) is 11.9 Å². The van der Waals surface area contributed by atoms with Gasteiger partial charge in [-0.1, -0.05) is 6.07 Å². The minimum atomic E-state index is -4.82. The fourth-order valence-corrected chi connectivity index (χ4v) is 2.17. The maximum Gasteiger partial charge on any atom is 0.573 e. The summed E-state index contributed by atoms with van der Waals surface area (Å²) >= 11 is 3.08. The molecular formula is C15H10BrF4NO3. The third kappa shape index (κ3) is 5.73. The summed E-state index contributed by atoms with van der Waals surface area (Å²) in [6.45, 7) is -0.408. The summed E-state index contributed by atoms with van der Waals surface area (Å²) < 4.78 is 58.7. The second-order valence-electron chi connectivity index (χ2n) is 4.49. The molecule has 2 aromatic rings. The van der Waals surface area contributed by atoms with E-state index in [0.717, 1.165) is 18.2 Å². The molecule has 0 fully saturated rings. The smallest absolute Gasteiger partial charge is 0.483 e. The number of carbonyl (C=O) groups excluding carboxylic acids is 1. The van der Waals surface area contributed by atoms with Crippen LogP contribution < -0.4 is 14.8 Å². The molecule has 0 aliphatic rings. The topological polar surface area (TPSA) is 47.6 Å². The van der Waals surface area contributed by atoms with Crippen molar-refractivity contribution in [1.82, 2.24) is 0 Å². The first-order valence-corrected chi connectivity index (χ1v) is 7.26. The fourth-order valence-electron chi connectivity index (χ4n) is 1.70. The van der Waals surface area contributed by atoms with E-state index in [4.69, 9.17) is 4.74 Å². The average Bonchev–Trinajstić information content (AvgIpc) is 2.45. The van der Waals surface area contributed by atoms with Gasteiger partial charge in [0.15, 0.2) is 6.61 Å². The molecule has 0 radical (unpaired) electrons. The summed E-state index contributed by atoms with van der Waals surface area (Å²) in [5, 5.41) is 2.37. The number of nitrogens with one attached hydrogen (secondary N) is 1. The first-order valence-electron chi connectivity index (χ1n) is 6.46. The Balaban J connectivity index is 1.93. The van der Waals surface area contributed by atoms with Crippen LogP contribution in [-0.4, -0.2) is 18.9 Å². The molecule has 0 atom stereocenters. The van der Waals surface area contributed by atoms with Crippen molar-refractivity contribution in [1.29, 1.82) is 0 Å². The van der Waals surface area contributed by atoms with Gasteiger partial charge in [0.05, 0.1) is 4.47 Å². The molecular weight excluding hydrogens is 398 g/mol. The molecule has 0 spiro atoms. The molecule has 1 N–H and O–H groups in total. The normalized spacial score (nSPS) is 11.0. The lowest BCUT2D eigenvalue weighted by Gasteiger charge is -2.11. The molecule has 2 rings (SSSR count). The van der Waals surface area contributed by atoms with Crippen LogP contribution in [0.15, 0.2) is 46.9 Å². The fraction of sp³-hybridized carbons (Fsp3) is 0.133. The van der Waals surface area contributed by atoms with Crippen LogP contribution in [0.3, 0.4) is 0 Å². The summed E-state index contributed by atoms with van der Waals surface area (Å²) in [6, 6.07) is 8.50. The van der Waals surface area contributed by atoms with Crippen molar-refractivity contribution in [3.8, 4) is 11.5 Å². The molecule has 0 aliphatic heterocycles. The van der Waals surface area contributed by atoms with Gasteiger partial charge < -0.3 is 14.8 Å². The number of benzene rings is 2. The Morgan fingerprint density at radius 1 is 1.17 bits per heavy atom. The SMILES string of the molecule is O=C(COc1ccc(F)cc1Br)Nc1cccc(OC(F)(F)F)c1. The van der Waals surface area contributed by atoms with E-state index >= 15 is 0 Å². The number of alkyl halides is 3. The average molecular weight is 408 g/mol. The van der Waals surface area contributed by atoms with E-state index in [9.17, 15) is 22.4 Å². The zero-order valence-corrected chi connectivity index (χ0v) is 13.4. The van der Waals surface area contributed by atoms with Crippen molar-refractivity contribution in [2.45, 2.75) is 6.36 Å². The molecule has 0 saturated carbocycles. The number of ether oxygens (including phenoxy) is 2. The van der Waals surface area contributed by atoms with E-state index < -0.39 is 30.4 Å². The van der Waals surface area contributed by atoms with Gasteiger partial charge in [0.2, 0.25) is 0 Å². The Hall–Kier alpha value is -2.29. The molecule has 9 heteroatoms. The Morgan fingerprint density at radius 3 is 2.58 bits per heavy atom. The molecule has 24 heavy (non-hydrogen) atoms. The van der Waals surface area contributed by atoms with Crippen molar-refractivity contribution >= 4 is 27.5 Å². The van der Waals surface area contributed by atoms with Crippen LogP contribution in [0.25, 0.3) is 0 Å².